The molecule has 1 aliphatic heterocycles. The van der Waals surface area contributed by atoms with Gasteiger partial charge in [0.1, 0.15) is 0 Å². The third kappa shape index (κ3) is 5.01. The van der Waals surface area contributed by atoms with E-state index in [-0.39, 0.29) is 17.7 Å². The number of carbonyl (C=O) groups excluding carboxylic acids is 3. The number of hydrogen-bond acceptors (Lipinski definition) is 3. The average Bonchev–Trinajstić information content (AvgIpc) is 3.30. The summed E-state index contributed by atoms with van der Waals surface area (Å²) in [7, 11) is 0. The highest BCUT2D eigenvalue weighted by atomic mass is 79.9. The van der Waals surface area contributed by atoms with E-state index in [0.717, 1.165) is 41.5 Å². The molecule has 5 nitrogen and oxygen atoms in total. The van der Waals surface area contributed by atoms with Gasteiger partial charge in [0.15, 0.2) is 0 Å². The van der Waals surface area contributed by atoms with E-state index in [0.29, 0.717) is 17.8 Å². The zero-order valence-corrected chi connectivity index (χ0v) is 27.8. The Bertz CT molecular complexity index is 1430. The molecule has 0 unspecified atom stereocenters. The normalized spacial score (nSPS) is 25.0. The molecule has 1 N–H and O–H groups in total. The van der Waals surface area contributed by atoms with Gasteiger partial charge in [0, 0.05) is 12.1 Å². The maximum absolute atomic E-state index is 14.3. The molecule has 224 valence electrons. The lowest BCUT2D eigenvalue weighted by atomic mass is 9.54. The summed E-state index contributed by atoms with van der Waals surface area (Å²) in [5, 5.41) is 2.99. The SMILES string of the molecule is CCCCCCCCCCCC(=O)Nc1cccc(N2C(=O)[C@@H]3[C@@H](C2=O)C2(Br)c4ccccc4C3(Br)c3ccccc32)c1. The molecule has 1 fully saturated rings. The fourth-order valence-electron chi connectivity index (χ4n) is 7.46. The van der Waals surface area contributed by atoms with Crippen molar-refractivity contribution in [2.24, 2.45) is 11.8 Å². The van der Waals surface area contributed by atoms with Crippen LogP contribution >= 0.6 is 31.9 Å². The molecule has 43 heavy (non-hydrogen) atoms. The van der Waals surface area contributed by atoms with Crippen LogP contribution in [0.2, 0.25) is 0 Å². The smallest absolute Gasteiger partial charge is 0.239 e. The number of alkyl halides is 2. The summed E-state index contributed by atoms with van der Waals surface area (Å²) in [5.41, 5.74) is 5.09. The molecular formula is C36H38Br2N2O3. The van der Waals surface area contributed by atoms with Crippen LogP contribution in [-0.2, 0) is 23.0 Å². The van der Waals surface area contributed by atoms with Gasteiger partial charge in [-0.05, 0) is 46.9 Å². The van der Waals surface area contributed by atoms with Gasteiger partial charge in [-0.25, -0.2) is 4.90 Å². The molecule has 0 saturated carbocycles. The van der Waals surface area contributed by atoms with Crippen molar-refractivity contribution in [3.63, 3.8) is 0 Å². The quantitative estimate of drug-likeness (QED) is 0.116. The van der Waals surface area contributed by atoms with Gasteiger partial charge in [-0.3, -0.25) is 14.4 Å². The number of carbonyl (C=O) groups is 3. The number of imide groups is 1. The van der Waals surface area contributed by atoms with Crippen molar-refractivity contribution in [1.29, 1.82) is 0 Å². The molecule has 3 aromatic rings. The van der Waals surface area contributed by atoms with Crippen molar-refractivity contribution in [2.45, 2.75) is 79.8 Å². The van der Waals surface area contributed by atoms with Gasteiger partial charge in [0.2, 0.25) is 17.7 Å². The number of nitrogens with zero attached hydrogens (tertiary/aromatic N) is 1. The van der Waals surface area contributed by atoms with Gasteiger partial charge in [0.05, 0.1) is 26.2 Å². The first-order chi connectivity index (χ1) is 20.8. The van der Waals surface area contributed by atoms with E-state index in [4.69, 9.17) is 0 Å². The molecule has 7 rings (SSSR count). The minimum absolute atomic E-state index is 0.0457. The van der Waals surface area contributed by atoms with Crippen molar-refractivity contribution >= 4 is 61.0 Å². The van der Waals surface area contributed by atoms with Crippen molar-refractivity contribution < 1.29 is 14.4 Å². The number of unbranched alkanes of at least 4 members (excludes halogenated alkanes) is 8. The zero-order valence-electron chi connectivity index (χ0n) is 24.6. The summed E-state index contributed by atoms with van der Waals surface area (Å²) in [5.74, 6) is -1.78. The molecule has 1 saturated heterocycles. The molecule has 3 amide bonds. The Labute approximate surface area is 271 Å². The maximum Gasteiger partial charge on any atom is 0.239 e. The Morgan fingerprint density at radius 1 is 0.698 bits per heavy atom. The Morgan fingerprint density at radius 2 is 1.16 bits per heavy atom. The second-order valence-corrected chi connectivity index (χ2v) is 14.7. The molecule has 1 heterocycles. The van der Waals surface area contributed by atoms with E-state index >= 15 is 0 Å². The summed E-state index contributed by atoms with van der Waals surface area (Å²) in [6, 6.07) is 23.2. The predicted molar refractivity (Wildman–Crippen MR) is 179 cm³/mol. The summed E-state index contributed by atoms with van der Waals surface area (Å²) in [6.45, 7) is 2.23. The van der Waals surface area contributed by atoms with E-state index in [1.54, 1.807) is 18.2 Å². The third-order valence-electron chi connectivity index (χ3n) is 9.48. The van der Waals surface area contributed by atoms with Crippen LogP contribution < -0.4 is 10.2 Å². The van der Waals surface area contributed by atoms with Gasteiger partial charge in [-0.15, -0.1) is 0 Å². The highest BCUT2D eigenvalue weighted by Crippen LogP contribution is 2.70. The molecule has 0 spiro atoms. The van der Waals surface area contributed by atoms with Crippen LogP contribution in [0.5, 0.6) is 0 Å². The molecule has 2 bridgehead atoms. The Morgan fingerprint density at radius 3 is 1.65 bits per heavy atom. The van der Waals surface area contributed by atoms with Gasteiger partial charge in [-0.2, -0.15) is 0 Å². The molecule has 0 radical (unpaired) electrons. The Hall–Kier alpha value is -2.77. The molecule has 7 heteroatoms. The van der Waals surface area contributed by atoms with Gasteiger partial charge in [0.25, 0.3) is 0 Å². The van der Waals surface area contributed by atoms with Crippen LogP contribution in [-0.4, -0.2) is 17.7 Å². The lowest BCUT2D eigenvalue weighted by molar-refractivity contribution is -0.122. The van der Waals surface area contributed by atoms with E-state index < -0.39 is 20.5 Å². The monoisotopic (exact) mass is 704 g/mol. The van der Waals surface area contributed by atoms with E-state index in [2.05, 4.69) is 68.4 Å². The third-order valence-corrected chi connectivity index (χ3v) is 12.2. The number of rotatable bonds is 12. The number of anilines is 2. The van der Waals surface area contributed by atoms with Crippen LogP contribution in [0, 0.1) is 11.8 Å². The largest absolute Gasteiger partial charge is 0.326 e. The highest BCUT2D eigenvalue weighted by molar-refractivity contribution is 9.10. The van der Waals surface area contributed by atoms with E-state index in [1.807, 2.05) is 30.3 Å². The maximum atomic E-state index is 14.3. The predicted octanol–water partition coefficient (Wildman–Crippen LogP) is 8.96. The van der Waals surface area contributed by atoms with Crippen molar-refractivity contribution in [1.82, 2.24) is 0 Å². The Balaban J connectivity index is 1.18. The van der Waals surface area contributed by atoms with E-state index in [9.17, 15) is 14.4 Å². The average molecular weight is 707 g/mol. The summed E-state index contributed by atoms with van der Waals surface area (Å²) < 4.78 is -1.66. The van der Waals surface area contributed by atoms with Gasteiger partial charge in [-0.1, -0.05) is 145 Å². The first-order valence-corrected chi connectivity index (χ1v) is 17.3. The lowest BCUT2D eigenvalue weighted by Gasteiger charge is -2.55. The minimum Gasteiger partial charge on any atom is -0.326 e. The fourth-order valence-corrected chi connectivity index (χ4v) is 9.77. The number of halogens is 2. The summed E-state index contributed by atoms with van der Waals surface area (Å²) in [4.78, 5) is 42.7. The first-order valence-electron chi connectivity index (χ1n) is 15.7. The van der Waals surface area contributed by atoms with Crippen molar-refractivity contribution in [3.8, 4) is 0 Å². The Kier molecular flexibility index (Phi) is 8.67. The van der Waals surface area contributed by atoms with E-state index in [1.165, 1.54) is 43.4 Å². The fraction of sp³-hybridized carbons (Fsp3) is 0.417. The second-order valence-electron chi connectivity index (χ2n) is 12.2. The minimum atomic E-state index is -0.830. The van der Waals surface area contributed by atoms with Gasteiger partial charge < -0.3 is 5.32 Å². The lowest BCUT2D eigenvalue weighted by Crippen LogP contribution is -2.56. The molecule has 3 aromatic carbocycles. The molecule has 2 atom stereocenters. The standard InChI is InChI=1S/C36H38Br2N2O3/c1-2-3-4-5-6-7-8-9-10-22-30(41)39-24-16-15-17-25(23-24)40-33(42)31-32(34(40)43)36(38)27-19-12-11-18-26(27)35(31,37)28-20-13-14-21-29(28)36/h11-21,23,31-32H,2-10,22H2,1H3,(H,39,41)/t31-,32-,35?,36?/m0/s1. The van der Waals surface area contributed by atoms with Crippen LogP contribution in [0.3, 0.4) is 0 Å². The molecule has 4 aliphatic rings. The van der Waals surface area contributed by atoms with Crippen LogP contribution in [0.15, 0.2) is 72.8 Å². The molecule has 3 aliphatic carbocycles. The second kappa shape index (κ2) is 12.3. The first kappa shape index (κ1) is 30.3. The highest BCUT2D eigenvalue weighted by Gasteiger charge is 2.72. The number of nitrogens with one attached hydrogen (secondary N) is 1. The van der Waals surface area contributed by atoms with Crippen molar-refractivity contribution in [3.05, 3.63) is 95.1 Å². The van der Waals surface area contributed by atoms with Crippen LogP contribution in [0.25, 0.3) is 0 Å². The molecular weight excluding hydrogens is 668 g/mol. The van der Waals surface area contributed by atoms with Crippen LogP contribution in [0.1, 0.15) is 93.4 Å². The summed E-state index contributed by atoms with van der Waals surface area (Å²) in [6.07, 6.45) is 11.2. The number of hydrogen-bond donors (Lipinski definition) is 1. The van der Waals surface area contributed by atoms with Gasteiger partial charge >= 0.3 is 0 Å². The zero-order chi connectivity index (χ0) is 30.2. The van der Waals surface area contributed by atoms with Crippen molar-refractivity contribution in [2.75, 3.05) is 10.2 Å². The molecule has 0 aromatic heterocycles. The van der Waals surface area contributed by atoms with Crippen LogP contribution in [0.4, 0.5) is 11.4 Å². The number of amides is 3. The topological polar surface area (TPSA) is 66.5 Å². The number of benzene rings is 3. The summed E-state index contributed by atoms with van der Waals surface area (Å²) >= 11 is 8.11.